The highest BCUT2D eigenvalue weighted by molar-refractivity contribution is 7.88. The highest BCUT2D eigenvalue weighted by atomic mass is 32.2. The maximum absolute atomic E-state index is 11.8. The fourth-order valence-corrected chi connectivity index (χ4v) is 4.47. The van der Waals surface area contributed by atoms with E-state index >= 15 is 0 Å². The van der Waals surface area contributed by atoms with E-state index in [-0.39, 0.29) is 19.0 Å². The largest absolute Gasteiger partial charge is 0.481 e. The van der Waals surface area contributed by atoms with Gasteiger partial charge in [-0.1, -0.05) is 0 Å². The fourth-order valence-electron chi connectivity index (χ4n) is 3.56. The zero-order chi connectivity index (χ0) is 16.1. The van der Waals surface area contributed by atoms with Gasteiger partial charge in [-0.25, -0.2) is 17.7 Å². The number of nitrogens with zero attached hydrogens (tertiary/aromatic N) is 3. The summed E-state index contributed by atoms with van der Waals surface area (Å²) in [6.07, 6.45) is 2.76. The highest BCUT2D eigenvalue weighted by Crippen LogP contribution is 2.44. The van der Waals surface area contributed by atoms with Crippen molar-refractivity contribution in [3.05, 3.63) is 17.7 Å². The second-order valence-corrected chi connectivity index (χ2v) is 8.34. The van der Waals surface area contributed by atoms with Crippen LogP contribution in [0.5, 0.6) is 0 Å². The van der Waals surface area contributed by atoms with Gasteiger partial charge in [0.25, 0.3) is 0 Å². The molecule has 1 aromatic heterocycles. The van der Waals surface area contributed by atoms with Crippen LogP contribution < -0.4 is 0 Å². The summed E-state index contributed by atoms with van der Waals surface area (Å²) < 4.78 is 24.7. The lowest BCUT2D eigenvalue weighted by Gasteiger charge is -2.24. The predicted octanol–water partition coefficient (Wildman–Crippen LogP) is -0.504. The van der Waals surface area contributed by atoms with Gasteiger partial charge in [0.15, 0.2) is 0 Å². The lowest BCUT2D eigenvalue weighted by Crippen LogP contribution is -2.41. The molecule has 2 saturated heterocycles. The fraction of sp³-hybridized carbons (Fsp3) is 0.692. The number of H-pyrrole nitrogens is 1. The van der Waals surface area contributed by atoms with Crippen molar-refractivity contribution >= 4 is 16.0 Å². The Hall–Kier alpha value is -1.45. The highest BCUT2D eigenvalue weighted by Gasteiger charge is 2.59. The van der Waals surface area contributed by atoms with Crippen molar-refractivity contribution in [2.45, 2.75) is 13.5 Å². The van der Waals surface area contributed by atoms with Crippen molar-refractivity contribution in [2.24, 2.45) is 11.3 Å². The van der Waals surface area contributed by atoms with Gasteiger partial charge in [-0.05, 0) is 6.92 Å². The summed E-state index contributed by atoms with van der Waals surface area (Å²) in [5.41, 5.74) is 0.868. The molecule has 3 heterocycles. The number of rotatable bonds is 4. The van der Waals surface area contributed by atoms with Crippen LogP contribution in [0.15, 0.2) is 6.33 Å². The normalized spacial score (nSPS) is 29.8. The van der Waals surface area contributed by atoms with E-state index in [2.05, 4.69) is 14.9 Å². The molecule has 2 aliphatic rings. The topological polar surface area (TPSA) is 107 Å². The number of aryl methyl sites for hydroxylation is 1. The van der Waals surface area contributed by atoms with Crippen molar-refractivity contribution in [1.29, 1.82) is 0 Å². The Kier molecular flexibility index (Phi) is 3.54. The standard InChI is InChI=1S/C13H20N4O4S/c1-9-11(15-8-14-9)5-16-3-10-4-17(22(2,20)21)7-13(10,6-16)12(18)19/h8,10H,3-7H2,1-2H3,(H,14,15)(H,18,19)/t10-,13-/m1/s1. The summed E-state index contributed by atoms with van der Waals surface area (Å²) in [6, 6.07) is 0. The molecule has 0 bridgehead atoms. The maximum Gasteiger partial charge on any atom is 0.312 e. The SMILES string of the molecule is Cc1[nH]cnc1CN1C[C@@H]2CN(S(C)(=O)=O)C[C@]2(C(=O)O)C1. The van der Waals surface area contributed by atoms with Crippen molar-refractivity contribution < 1.29 is 18.3 Å². The molecule has 2 atom stereocenters. The van der Waals surface area contributed by atoms with Crippen molar-refractivity contribution in [2.75, 3.05) is 32.4 Å². The molecule has 9 heteroatoms. The Balaban J connectivity index is 1.79. The smallest absolute Gasteiger partial charge is 0.312 e. The number of likely N-dealkylation sites (tertiary alicyclic amines) is 1. The van der Waals surface area contributed by atoms with Gasteiger partial charge in [-0.3, -0.25) is 9.69 Å². The number of aliphatic carboxylic acids is 1. The van der Waals surface area contributed by atoms with E-state index in [1.54, 1.807) is 6.33 Å². The molecule has 3 rings (SSSR count). The lowest BCUT2D eigenvalue weighted by atomic mass is 9.81. The zero-order valence-electron chi connectivity index (χ0n) is 12.6. The van der Waals surface area contributed by atoms with E-state index in [0.29, 0.717) is 19.6 Å². The van der Waals surface area contributed by atoms with Crippen LogP contribution in [0.3, 0.4) is 0 Å². The molecule has 2 N–H and O–H groups in total. The second kappa shape index (κ2) is 5.04. The summed E-state index contributed by atoms with van der Waals surface area (Å²) in [4.78, 5) is 21.1. The number of hydrogen-bond acceptors (Lipinski definition) is 5. The van der Waals surface area contributed by atoms with Gasteiger partial charge in [0, 0.05) is 44.3 Å². The Morgan fingerprint density at radius 1 is 1.50 bits per heavy atom. The first-order chi connectivity index (χ1) is 10.2. The van der Waals surface area contributed by atoms with Gasteiger partial charge >= 0.3 is 5.97 Å². The second-order valence-electron chi connectivity index (χ2n) is 6.36. The van der Waals surface area contributed by atoms with Crippen LogP contribution in [-0.4, -0.2) is 71.1 Å². The first kappa shape index (κ1) is 15.4. The van der Waals surface area contributed by atoms with Gasteiger partial charge < -0.3 is 10.1 Å². The molecule has 0 saturated carbocycles. The molecule has 0 spiro atoms. The number of aromatic amines is 1. The molecule has 22 heavy (non-hydrogen) atoms. The molecule has 1 aromatic rings. The molecular formula is C13H20N4O4S. The minimum absolute atomic E-state index is 0.0574. The van der Waals surface area contributed by atoms with E-state index in [4.69, 9.17) is 0 Å². The zero-order valence-corrected chi connectivity index (χ0v) is 13.4. The molecule has 0 amide bonds. The van der Waals surface area contributed by atoms with E-state index < -0.39 is 21.4 Å². The van der Waals surface area contributed by atoms with Crippen molar-refractivity contribution in [3.63, 3.8) is 0 Å². The Morgan fingerprint density at radius 2 is 2.23 bits per heavy atom. The van der Waals surface area contributed by atoms with Crippen LogP contribution in [0, 0.1) is 18.3 Å². The number of fused-ring (bicyclic) bond motifs is 1. The Bertz CT molecular complexity index is 701. The summed E-state index contributed by atoms with van der Waals surface area (Å²) in [5, 5.41) is 9.69. The predicted molar refractivity (Wildman–Crippen MR) is 78.6 cm³/mol. The Morgan fingerprint density at radius 3 is 2.73 bits per heavy atom. The average Bonchev–Trinajstić information content (AvgIpc) is 3.02. The van der Waals surface area contributed by atoms with Crippen LogP contribution in [0.2, 0.25) is 0 Å². The molecule has 2 fully saturated rings. The molecule has 2 aliphatic heterocycles. The third-order valence-electron chi connectivity index (χ3n) is 4.85. The first-order valence-corrected chi connectivity index (χ1v) is 8.97. The first-order valence-electron chi connectivity index (χ1n) is 7.12. The van der Waals surface area contributed by atoms with E-state index in [1.165, 1.54) is 4.31 Å². The third-order valence-corrected chi connectivity index (χ3v) is 6.07. The van der Waals surface area contributed by atoms with Crippen LogP contribution in [0.1, 0.15) is 11.4 Å². The van der Waals surface area contributed by atoms with Crippen molar-refractivity contribution in [3.8, 4) is 0 Å². The van der Waals surface area contributed by atoms with Crippen LogP contribution in [0.25, 0.3) is 0 Å². The van der Waals surface area contributed by atoms with Gasteiger partial charge in [-0.2, -0.15) is 0 Å². The van der Waals surface area contributed by atoms with Gasteiger partial charge in [0.05, 0.1) is 23.7 Å². The van der Waals surface area contributed by atoms with Crippen LogP contribution in [-0.2, 0) is 21.4 Å². The number of carboxylic acids is 1. The molecule has 8 nitrogen and oxygen atoms in total. The van der Waals surface area contributed by atoms with Gasteiger partial charge in [0.2, 0.25) is 10.0 Å². The molecule has 0 aromatic carbocycles. The minimum Gasteiger partial charge on any atom is -0.481 e. The number of nitrogens with one attached hydrogen (secondary N) is 1. The third kappa shape index (κ3) is 2.42. The number of hydrogen-bond donors (Lipinski definition) is 2. The van der Waals surface area contributed by atoms with E-state index in [1.807, 2.05) is 6.92 Å². The number of carboxylic acid groups (broad SMARTS) is 1. The molecule has 0 aliphatic carbocycles. The lowest BCUT2D eigenvalue weighted by molar-refractivity contribution is -0.148. The molecule has 122 valence electrons. The van der Waals surface area contributed by atoms with Crippen LogP contribution >= 0.6 is 0 Å². The Labute approximate surface area is 129 Å². The van der Waals surface area contributed by atoms with Gasteiger partial charge in [0.1, 0.15) is 0 Å². The number of imidazole rings is 1. The van der Waals surface area contributed by atoms with Gasteiger partial charge in [-0.15, -0.1) is 0 Å². The number of sulfonamides is 1. The van der Waals surface area contributed by atoms with Crippen molar-refractivity contribution in [1.82, 2.24) is 19.2 Å². The summed E-state index contributed by atoms with van der Waals surface area (Å²) in [7, 11) is -3.36. The van der Waals surface area contributed by atoms with E-state index in [9.17, 15) is 18.3 Å². The van der Waals surface area contributed by atoms with Crippen LogP contribution in [0.4, 0.5) is 0 Å². The summed E-state index contributed by atoms with van der Waals surface area (Å²) >= 11 is 0. The summed E-state index contributed by atoms with van der Waals surface area (Å²) in [6.45, 7) is 3.77. The maximum atomic E-state index is 11.8. The molecular weight excluding hydrogens is 308 g/mol. The van der Waals surface area contributed by atoms with E-state index in [0.717, 1.165) is 17.6 Å². The number of aromatic nitrogens is 2. The molecule has 0 radical (unpaired) electrons. The minimum atomic E-state index is -3.36. The average molecular weight is 328 g/mol. The molecule has 0 unspecified atom stereocenters. The number of carbonyl (C=O) groups is 1. The summed E-state index contributed by atoms with van der Waals surface area (Å²) in [5.74, 6) is -1.09. The monoisotopic (exact) mass is 328 g/mol. The quantitative estimate of drug-likeness (QED) is 0.771.